The first-order chi connectivity index (χ1) is 12.9. The maximum Gasteiger partial charge on any atom is 0.410 e. The van der Waals surface area contributed by atoms with Crippen LogP contribution in [0.4, 0.5) is 4.79 Å². The third-order valence-electron chi connectivity index (χ3n) is 5.07. The van der Waals surface area contributed by atoms with Crippen LogP contribution in [0, 0.1) is 0 Å². The number of rotatable bonds is 4. The third-order valence-corrected chi connectivity index (χ3v) is 7.13. The number of nitrogens with zero attached hydrogens (tertiary/aromatic N) is 4. The molecule has 2 rings (SSSR count). The second-order valence-electron chi connectivity index (χ2n) is 8.57. The molecule has 0 aromatic carbocycles. The van der Waals surface area contributed by atoms with Gasteiger partial charge in [0.05, 0.1) is 6.54 Å². The number of piperazine rings is 1. The molecular weight excluding hydrogens is 384 g/mol. The van der Waals surface area contributed by atoms with Crippen molar-refractivity contribution in [2.24, 2.45) is 0 Å². The molecule has 2 fully saturated rings. The van der Waals surface area contributed by atoms with E-state index in [4.69, 9.17) is 4.74 Å². The first-order valence-electron chi connectivity index (χ1n) is 9.90. The number of amides is 2. The Bertz CT molecular complexity index is 668. The van der Waals surface area contributed by atoms with Crippen molar-refractivity contribution in [3.05, 3.63) is 0 Å². The second kappa shape index (κ2) is 8.96. The van der Waals surface area contributed by atoms with Crippen molar-refractivity contribution in [1.29, 1.82) is 0 Å². The number of carbonyl (C=O) groups excluding carboxylic acids is 2. The molecule has 2 saturated heterocycles. The van der Waals surface area contributed by atoms with Crippen LogP contribution in [-0.2, 0) is 19.7 Å². The molecule has 0 bridgehead atoms. The molecule has 2 aliphatic rings. The second-order valence-corrected chi connectivity index (χ2v) is 10.6. The average Bonchev–Trinajstić information content (AvgIpc) is 2.60. The number of ether oxygens (including phenoxy) is 1. The molecule has 162 valence electrons. The van der Waals surface area contributed by atoms with Gasteiger partial charge in [-0.25, -0.2) is 4.79 Å². The number of carbonyl (C=O) groups is 2. The molecule has 0 spiro atoms. The van der Waals surface area contributed by atoms with Crippen LogP contribution in [-0.4, -0.2) is 96.8 Å². The van der Waals surface area contributed by atoms with Crippen molar-refractivity contribution >= 4 is 22.2 Å². The summed E-state index contributed by atoms with van der Waals surface area (Å²) in [6.07, 6.45) is 2.32. The van der Waals surface area contributed by atoms with E-state index in [1.807, 2.05) is 27.7 Å². The van der Waals surface area contributed by atoms with Crippen molar-refractivity contribution in [3.63, 3.8) is 0 Å². The SMILES string of the molecule is C[C@@H]1CCCCN1S(=O)(=O)N(C)CC(=O)N1CCN(C(=O)OC(C)(C)C)CC1. The van der Waals surface area contributed by atoms with E-state index in [0.717, 1.165) is 23.6 Å². The van der Waals surface area contributed by atoms with Gasteiger partial charge in [-0.05, 0) is 40.5 Å². The van der Waals surface area contributed by atoms with E-state index in [0.29, 0.717) is 32.7 Å². The minimum absolute atomic E-state index is 0.0475. The highest BCUT2D eigenvalue weighted by Crippen LogP contribution is 2.21. The molecule has 0 saturated carbocycles. The summed E-state index contributed by atoms with van der Waals surface area (Å²) in [5.41, 5.74) is -0.563. The van der Waals surface area contributed by atoms with Crippen LogP contribution >= 0.6 is 0 Å². The Morgan fingerprint density at radius 1 is 1.04 bits per heavy atom. The van der Waals surface area contributed by atoms with Crippen LogP contribution in [0.15, 0.2) is 0 Å². The first kappa shape index (κ1) is 22.9. The summed E-state index contributed by atoms with van der Waals surface area (Å²) in [6.45, 7) is 9.12. The van der Waals surface area contributed by atoms with E-state index in [1.54, 1.807) is 9.80 Å². The summed E-state index contributed by atoms with van der Waals surface area (Å²) in [6, 6.07) is -0.0475. The Kier molecular flexibility index (Phi) is 7.33. The fourth-order valence-corrected chi connectivity index (χ4v) is 4.98. The maximum absolute atomic E-state index is 12.8. The van der Waals surface area contributed by atoms with E-state index in [-0.39, 0.29) is 18.5 Å². The summed E-state index contributed by atoms with van der Waals surface area (Å²) in [5.74, 6) is -0.250. The number of piperidine rings is 1. The minimum Gasteiger partial charge on any atom is -0.444 e. The van der Waals surface area contributed by atoms with Crippen molar-refractivity contribution in [2.45, 2.75) is 58.6 Å². The molecule has 0 aliphatic carbocycles. The summed E-state index contributed by atoms with van der Waals surface area (Å²) in [5, 5.41) is 0. The molecule has 0 N–H and O–H groups in total. The molecule has 2 heterocycles. The lowest BCUT2D eigenvalue weighted by atomic mass is 10.1. The van der Waals surface area contributed by atoms with Gasteiger partial charge >= 0.3 is 6.09 Å². The van der Waals surface area contributed by atoms with Crippen LogP contribution in [0.25, 0.3) is 0 Å². The summed E-state index contributed by atoms with van der Waals surface area (Å²) >= 11 is 0. The van der Waals surface area contributed by atoms with Crippen molar-refractivity contribution in [2.75, 3.05) is 46.3 Å². The predicted molar refractivity (Wildman–Crippen MR) is 106 cm³/mol. The van der Waals surface area contributed by atoms with Crippen LogP contribution in [0.1, 0.15) is 47.0 Å². The Labute approximate surface area is 168 Å². The van der Waals surface area contributed by atoms with E-state index in [9.17, 15) is 18.0 Å². The third kappa shape index (κ3) is 5.81. The normalized spacial score (nSPS) is 22.4. The molecule has 0 aromatic rings. The number of likely N-dealkylation sites (N-methyl/N-ethyl adjacent to an activating group) is 1. The molecule has 2 aliphatic heterocycles. The zero-order valence-corrected chi connectivity index (χ0v) is 18.5. The molecule has 10 heteroatoms. The van der Waals surface area contributed by atoms with Gasteiger partial charge in [-0.2, -0.15) is 17.0 Å². The van der Waals surface area contributed by atoms with Gasteiger partial charge in [0.1, 0.15) is 5.60 Å². The molecule has 9 nitrogen and oxygen atoms in total. The largest absolute Gasteiger partial charge is 0.444 e. The fraction of sp³-hybridized carbons (Fsp3) is 0.889. The maximum atomic E-state index is 12.8. The zero-order valence-electron chi connectivity index (χ0n) is 17.7. The Hall–Kier alpha value is -1.39. The van der Waals surface area contributed by atoms with E-state index >= 15 is 0 Å². The molecule has 0 radical (unpaired) electrons. The Balaban J connectivity index is 1.87. The lowest BCUT2D eigenvalue weighted by molar-refractivity contribution is -0.133. The van der Waals surface area contributed by atoms with Gasteiger partial charge in [0.15, 0.2) is 0 Å². The lowest BCUT2D eigenvalue weighted by Crippen LogP contribution is -2.55. The summed E-state index contributed by atoms with van der Waals surface area (Å²) in [7, 11) is -2.20. The molecular formula is C18H34N4O5S. The molecule has 1 atom stereocenters. The zero-order chi connectivity index (χ0) is 21.1. The van der Waals surface area contributed by atoms with Gasteiger partial charge in [0.25, 0.3) is 10.2 Å². The fourth-order valence-electron chi connectivity index (χ4n) is 3.43. The van der Waals surface area contributed by atoms with E-state index in [1.165, 1.54) is 11.4 Å². The van der Waals surface area contributed by atoms with Gasteiger partial charge in [0, 0.05) is 45.8 Å². The van der Waals surface area contributed by atoms with Gasteiger partial charge < -0.3 is 14.5 Å². The van der Waals surface area contributed by atoms with Crippen molar-refractivity contribution in [3.8, 4) is 0 Å². The molecule has 2 amide bonds. The van der Waals surface area contributed by atoms with E-state index < -0.39 is 21.9 Å². The van der Waals surface area contributed by atoms with Crippen LogP contribution in [0.5, 0.6) is 0 Å². The van der Waals surface area contributed by atoms with Crippen LogP contribution < -0.4 is 0 Å². The summed E-state index contributed by atoms with van der Waals surface area (Å²) in [4.78, 5) is 27.9. The number of hydrogen-bond donors (Lipinski definition) is 0. The van der Waals surface area contributed by atoms with Gasteiger partial charge in [-0.1, -0.05) is 6.42 Å². The summed E-state index contributed by atoms with van der Waals surface area (Å²) < 4.78 is 33.6. The lowest BCUT2D eigenvalue weighted by Gasteiger charge is -2.37. The molecule has 28 heavy (non-hydrogen) atoms. The highest BCUT2D eigenvalue weighted by Gasteiger charge is 2.35. The minimum atomic E-state index is -3.65. The van der Waals surface area contributed by atoms with Crippen molar-refractivity contribution < 1.29 is 22.7 Å². The van der Waals surface area contributed by atoms with Gasteiger partial charge in [-0.15, -0.1) is 0 Å². The first-order valence-corrected chi connectivity index (χ1v) is 11.3. The van der Waals surface area contributed by atoms with Gasteiger partial charge in [0.2, 0.25) is 5.91 Å². The Morgan fingerprint density at radius 3 is 2.14 bits per heavy atom. The average molecular weight is 419 g/mol. The van der Waals surface area contributed by atoms with Crippen LogP contribution in [0.2, 0.25) is 0 Å². The highest BCUT2D eigenvalue weighted by atomic mass is 32.2. The number of hydrogen-bond acceptors (Lipinski definition) is 5. The van der Waals surface area contributed by atoms with Gasteiger partial charge in [-0.3, -0.25) is 4.79 Å². The quantitative estimate of drug-likeness (QED) is 0.682. The van der Waals surface area contributed by atoms with E-state index in [2.05, 4.69) is 0 Å². The highest BCUT2D eigenvalue weighted by molar-refractivity contribution is 7.86. The Morgan fingerprint density at radius 2 is 1.61 bits per heavy atom. The van der Waals surface area contributed by atoms with Crippen molar-refractivity contribution in [1.82, 2.24) is 18.4 Å². The monoisotopic (exact) mass is 418 g/mol. The standard InChI is InChI=1S/C18H34N4O5S/c1-15-8-6-7-9-22(15)28(25,26)19(5)14-16(23)20-10-12-21(13-11-20)17(24)27-18(2,3)4/h15H,6-14H2,1-5H3/t15-/m1/s1. The predicted octanol–water partition coefficient (Wildman–Crippen LogP) is 1.12. The molecule has 0 aromatic heterocycles. The van der Waals surface area contributed by atoms with Crippen LogP contribution in [0.3, 0.4) is 0 Å². The smallest absolute Gasteiger partial charge is 0.410 e. The molecule has 0 unspecified atom stereocenters. The topological polar surface area (TPSA) is 90.5 Å².